The van der Waals surface area contributed by atoms with Gasteiger partial charge in [0.15, 0.2) is 5.60 Å². The number of halogens is 1. The van der Waals surface area contributed by atoms with Crippen LogP contribution in [0, 0.1) is 11.8 Å². The van der Waals surface area contributed by atoms with Crippen molar-refractivity contribution in [3.8, 4) is 22.9 Å². The van der Waals surface area contributed by atoms with E-state index in [1.165, 1.54) is 11.1 Å². The Balaban J connectivity index is 0.000000284. The number of aliphatic carboxylic acids is 1. The summed E-state index contributed by atoms with van der Waals surface area (Å²) in [5.41, 5.74) is 5.70. The largest absolute Gasteiger partial charge is 0.479 e. The summed E-state index contributed by atoms with van der Waals surface area (Å²) in [6, 6.07) is 17.0. The summed E-state index contributed by atoms with van der Waals surface area (Å²) in [5.74, 6) is 3.75. The van der Waals surface area contributed by atoms with Gasteiger partial charge in [0.05, 0.1) is 18.9 Å². The minimum atomic E-state index is -1.14. The van der Waals surface area contributed by atoms with Crippen LogP contribution >= 0.6 is 22.6 Å². The molecule has 2 aromatic heterocycles. The van der Waals surface area contributed by atoms with Gasteiger partial charge in [-0.2, -0.15) is 0 Å². The molecule has 9 heteroatoms. The Morgan fingerprint density at radius 3 is 1.58 bits per heavy atom. The molecule has 2 aromatic carbocycles. The Bertz CT molecular complexity index is 1810. The summed E-state index contributed by atoms with van der Waals surface area (Å²) in [7, 11) is 0. The van der Waals surface area contributed by atoms with Gasteiger partial charge >= 0.3 is 5.97 Å². The predicted molar refractivity (Wildman–Crippen MR) is 230 cm³/mol. The lowest BCUT2D eigenvalue weighted by atomic mass is 9.82. The molecule has 0 spiro atoms. The van der Waals surface area contributed by atoms with Gasteiger partial charge in [0.1, 0.15) is 17.2 Å². The molecule has 55 heavy (non-hydrogen) atoms. The monoisotopic (exact) mass is 868 g/mol. The third kappa shape index (κ3) is 12.5. The molecule has 1 N–H and O–H groups in total. The number of hydrogen-bond acceptors (Lipinski definition) is 7. The van der Waals surface area contributed by atoms with Gasteiger partial charge in [0, 0.05) is 34.0 Å². The molecule has 0 bridgehead atoms. The third-order valence-electron chi connectivity index (χ3n) is 10.3. The summed E-state index contributed by atoms with van der Waals surface area (Å²) >= 11 is 2.34. The van der Waals surface area contributed by atoms with E-state index in [1.807, 2.05) is 0 Å². The third-order valence-corrected chi connectivity index (χ3v) is 11.0. The van der Waals surface area contributed by atoms with Gasteiger partial charge in [-0.3, -0.25) is 0 Å². The van der Waals surface area contributed by atoms with E-state index in [1.54, 1.807) is 13.8 Å². The van der Waals surface area contributed by atoms with Crippen LogP contribution in [0.1, 0.15) is 155 Å². The van der Waals surface area contributed by atoms with Crippen LogP contribution in [0.5, 0.6) is 0 Å². The fourth-order valence-corrected chi connectivity index (χ4v) is 7.26. The van der Waals surface area contributed by atoms with Crippen molar-refractivity contribution in [3.63, 3.8) is 0 Å². The number of benzene rings is 2. The molecule has 1 saturated carbocycles. The molecule has 0 amide bonds. The molecule has 0 radical (unpaired) electrons. The maximum absolute atomic E-state index is 11.3. The first-order valence-corrected chi connectivity index (χ1v) is 21.4. The van der Waals surface area contributed by atoms with Crippen molar-refractivity contribution in [3.05, 3.63) is 82.6 Å². The van der Waals surface area contributed by atoms with Crippen molar-refractivity contribution in [2.24, 2.45) is 11.8 Å². The molecular formula is C46H65IN2O6. The maximum atomic E-state index is 11.3. The van der Waals surface area contributed by atoms with Crippen molar-refractivity contribution >= 4 is 28.6 Å². The first-order valence-electron chi connectivity index (χ1n) is 19.9. The van der Waals surface area contributed by atoms with Crippen LogP contribution in [0.25, 0.3) is 22.9 Å². The first-order chi connectivity index (χ1) is 25.7. The predicted octanol–water partition coefficient (Wildman–Crippen LogP) is 12.7. The number of oxazole rings is 2. The van der Waals surface area contributed by atoms with Crippen molar-refractivity contribution in [2.45, 2.75) is 148 Å². The zero-order valence-corrected chi connectivity index (χ0v) is 37.5. The number of carbonyl (C=O) groups is 1. The van der Waals surface area contributed by atoms with E-state index < -0.39 is 11.6 Å². The summed E-state index contributed by atoms with van der Waals surface area (Å²) in [6.07, 6.45) is 4.31. The van der Waals surface area contributed by atoms with Crippen LogP contribution in [-0.2, 0) is 36.1 Å². The lowest BCUT2D eigenvalue weighted by molar-refractivity contribution is -0.163. The van der Waals surface area contributed by atoms with Crippen LogP contribution in [-0.4, -0.2) is 39.9 Å². The Hall–Kier alpha value is -3.02. The maximum Gasteiger partial charge on any atom is 0.335 e. The molecule has 0 unspecified atom stereocenters. The molecule has 0 aliphatic heterocycles. The lowest BCUT2D eigenvalue weighted by Gasteiger charge is -2.31. The van der Waals surface area contributed by atoms with E-state index in [4.69, 9.17) is 23.3 Å². The second-order valence-corrected chi connectivity index (χ2v) is 19.1. The second-order valence-electron chi connectivity index (χ2n) is 18.3. The number of carboxylic acids is 1. The zero-order chi connectivity index (χ0) is 40.7. The van der Waals surface area contributed by atoms with Crippen molar-refractivity contribution in [1.29, 1.82) is 0 Å². The minimum absolute atomic E-state index is 0.105. The number of alkyl halides is 1. The van der Waals surface area contributed by atoms with Crippen molar-refractivity contribution < 1.29 is 28.2 Å². The highest BCUT2D eigenvalue weighted by Crippen LogP contribution is 2.34. The average Bonchev–Trinajstić information content (AvgIpc) is 3.76. The highest BCUT2D eigenvalue weighted by Gasteiger charge is 2.31. The molecule has 2 atom stereocenters. The van der Waals surface area contributed by atoms with Crippen molar-refractivity contribution in [1.82, 2.24) is 9.97 Å². The minimum Gasteiger partial charge on any atom is -0.479 e. The van der Waals surface area contributed by atoms with Crippen LogP contribution < -0.4 is 0 Å². The van der Waals surface area contributed by atoms with E-state index in [0.717, 1.165) is 70.0 Å². The Morgan fingerprint density at radius 1 is 0.745 bits per heavy atom. The summed E-state index contributed by atoms with van der Waals surface area (Å²) < 4.78 is 24.9. The summed E-state index contributed by atoms with van der Waals surface area (Å²) in [5, 5.41) is 9.27. The molecule has 5 rings (SSSR count). The second kappa shape index (κ2) is 18.9. The van der Waals surface area contributed by atoms with Crippen LogP contribution in [0.15, 0.2) is 57.4 Å². The van der Waals surface area contributed by atoms with E-state index in [9.17, 15) is 9.90 Å². The zero-order valence-electron chi connectivity index (χ0n) is 35.3. The number of ether oxygens (including phenoxy) is 2. The average molecular weight is 869 g/mol. The number of hydrogen-bond donors (Lipinski definition) is 1. The summed E-state index contributed by atoms with van der Waals surface area (Å²) in [4.78, 5) is 20.7. The van der Waals surface area contributed by atoms with Crippen LogP contribution in [0.3, 0.4) is 0 Å². The van der Waals surface area contributed by atoms with Crippen molar-refractivity contribution in [2.75, 3.05) is 13.2 Å². The molecule has 0 saturated heterocycles. The van der Waals surface area contributed by atoms with E-state index in [0.29, 0.717) is 43.5 Å². The van der Waals surface area contributed by atoms with Gasteiger partial charge in [-0.15, -0.1) is 0 Å². The number of carboxylic acid groups (broad SMARTS) is 1. The molecule has 8 nitrogen and oxygen atoms in total. The molecule has 1 aliphatic rings. The fraction of sp³-hybridized carbons (Fsp3) is 0.587. The summed E-state index contributed by atoms with van der Waals surface area (Å²) in [6.45, 7) is 26.6. The highest BCUT2D eigenvalue weighted by molar-refractivity contribution is 14.1. The Kier molecular flexibility index (Phi) is 15.4. The van der Waals surface area contributed by atoms with Gasteiger partial charge < -0.3 is 23.4 Å². The fourth-order valence-electron chi connectivity index (χ4n) is 6.72. The molecule has 2 heterocycles. The van der Waals surface area contributed by atoms with E-state index in [-0.39, 0.29) is 16.7 Å². The van der Waals surface area contributed by atoms with Gasteiger partial charge in [-0.05, 0) is 91.2 Å². The van der Waals surface area contributed by atoms with E-state index >= 15 is 0 Å². The van der Waals surface area contributed by atoms with Gasteiger partial charge in [0.25, 0.3) is 0 Å². The standard InChI is InChI=1S/C29H43NO5.C17H22INO/c1-19(2)25-24(30-26(35-25)22-11-13-23(14-12-22)28(3,4)5)18-33-16-20-9-8-10-21(15-20)17-34-29(6,7)27(31)32;1-11(2)15-14(10-18)19-16(20-15)12-6-8-13(9-7-12)17(3,4)5/h11-14,19-21H,8-10,15-18H2,1-7H3,(H,31,32);6-9,11H,10H2,1-5H3/t20-,21+;/m0./s1. The topological polar surface area (TPSA) is 108 Å². The lowest BCUT2D eigenvalue weighted by Crippen LogP contribution is -2.37. The van der Waals surface area contributed by atoms with Gasteiger partial charge in [0.2, 0.25) is 11.8 Å². The first kappa shape index (κ1) is 44.7. The molecule has 1 aliphatic carbocycles. The molecule has 302 valence electrons. The Morgan fingerprint density at radius 2 is 1.18 bits per heavy atom. The van der Waals surface area contributed by atoms with Gasteiger partial charge in [-0.25, -0.2) is 14.8 Å². The molecular weight excluding hydrogens is 803 g/mol. The molecule has 1 fully saturated rings. The van der Waals surface area contributed by atoms with Crippen LogP contribution in [0.2, 0.25) is 0 Å². The highest BCUT2D eigenvalue weighted by atomic mass is 127. The Labute approximate surface area is 343 Å². The number of aromatic nitrogens is 2. The van der Waals surface area contributed by atoms with E-state index in [2.05, 4.69) is 145 Å². The van der Waals surface area contributed by atoms with Gasteiger partial charge in [-0.1, -0.05) is 123 Å². The molecule has 4 aromatic rings. The quantitative estimate of drug-likeness (QED) is 0.105. The smallest absolute Gasteiger partial charge is 0.335 e. The van der Waals surface area contributed by atoms with Crippen LogP contribution in [0.4, 0.5) is 0 Å². The SMILES string of the molecule is CC(C)c1oc(-c2ccc(C(C)(C)C)cc2)nc1CI.CC(C)c1oc(-c2ccc(C(C)(C)C)cc2)nc1COC[C@H]1CCC[C@@H](COC(C)(C)C(=O)O)C1. The number of rotatable bonds is 13. The number of nitrogens with zero attached hydrogens (tertiary/aromatic N) is 2. The normalized spacial score (nSPS) is 16.7.